The maximum Gasteiger partial charge on any atom is 0.309 e. The lowest BCUT2D eigenvalue weighted by Gasteiger charge is -2.55. The highest BCUT2D eigenvalue weighted by Gasteiger charge is 2.63. The molecule has 1 saturated carbocycles. The van der Waals surface area contributed by atoms with E-state index in [0.29, 0.717) is 0 Å². The molecule has 22 heavy (non-hydrogen) atoms. The van der Waals surface area contributed by atoms with Gasteiger partial charge in [-0.2, -0.15) is 0 Å². The van der Waals surface area contributed by atoms with Gasteiger partial charge in [0, 0.05) is 24.2 Å². The van der Waals surface area contributed by atoms with Crippen LogP contribution in [0, 0.1) is 23.2 Å². The van der Waals surface area contributed by atoms with Gasteiger partial charge in [-0.1, -0.05) is 19.9 Å². The number of carbonyl (C=O) groups is 2. The fourth-order valence-electron chi connectivity index (χ4n) is 4.80. The van der Waals surface area contributed by atoms with Crippen molar-refractivity contribution in [1.29, 1.82) is 0 Å². The van der Waals surface area contributed by atoms with Crippen LogP contribution < -0.4 is 0 Å². The lowest BCUT2D eigenvalue weighted by molar-refractivity contribution is -0.188. The summed E-state index contributed by atoms with van der Waals surface area (Å²) in [6.07, 6.45) is 4.37. The Kier molecular flexibility index (Phi) is 3.40. The van der Waals surface area contributed by atoms with Gasteiger partial charge in [-0.3, -0.25) is 9.59 Å². The summed E-state index contributed by atoms with van der Waals surface area (Å²) < 4.78 is 11.1. The molecular formula is C17H24O5. The molecule has 1 saturated heterocycles. The molecule has 1 N–H and O–H groups in total. The molecule has 2 aliphatic carbocycles. The Hall–Kier alpha value is -1.36. The molecule has 3 aliphatic rings. The summed E-state index contributed by atoms with van der Waals surface area (Å²) in [5, 5.41) is 10.9. The molecule has 0 spiro atoms. The summed E-state index contributed by atoms with van der Waals surface area (Å²) in [5.74, 6) is -0.810. The van der Waals surface area contributed by atoms with Crippen molar-refractivity contribution in [2.24, 2.45) is 23.2 Å². The van der Waals surface area contributed by atoms with E-state index in [1.165, 1.54) is 6.92 Å². The first-order chi connectivity index (χ1) is 10.2. The SMILES string of the molecule is CC(=O)O[C@H]1C=C[C@@](C)(O)[C@@H]2[C@H]3OC(=O)[C@@H](C)[C@@H]3CC[C@@]12C. The Balaban J connectivity index is 2.02. The number of esters is 2. The second-order valence-electron chi connectivity index (χ2n) is 7.49. The van der Waals surface area contributed by atoms with E-state index in [4.69, 9.17) is 9.47 Å². The Morgan fingerprint density at radius 1 is 1.45 bits per heavy atom. The average molecular weight is 308 g/mol. The van der Waals surface area contributed by atoms with E-state index < -0.39 is 17.1 Å². The molecule has 5 nitrogen and oxygen atoms in total. The van der Waals surface area contributed by atoms with Crippen molar-refractivity contribution in [3.8, 4) is 0 Å². The second kappa shape index (κ2) is 4.82. The predicted octanol–water partition coefficient (Wildman–Crippen LogP) is 1.83. The van der Waals surface area contributed by atoms with E-state index in [0.717, 1.165) is 12.8 Å². The lowest BCUT2D eigenvalue weighted by Crippen LogP contribution is -2.61. The van der Waals surface area contributed by atoms with E-state index in [1.54, 1.807) is 19.1 Å². The Labute approximate surface area is 130 Å². The first-order valence-electron chi connectivity index (χ1n) is 7.96. The van der Waals surface area contributed by atoms with E-state index in [2.05, 4.69) is 0 Å². The quantitative estimate of drug-likeness (QED) is 0.591. The van der Waals surface area contributed by atoms with Crippen molar-refractivity contribution in [1.82, 2.24) is 0 Å². The average Bonchev–Trinajstić information content (AvgIpc) is 2.68. The molecule has 0 aromatic heterocycles. The summed E-state index contributed by atoms with van der Waals surface area (Å²) in [6, 6.07) is 0. The minimum Gasteiger partial charge on any atom is -0.461 e. The number of rotatable bonds is 1. The first kappa shape index (κ1) is 15.5. The minimum absolute atomic E-state index is 0.126. The number of aliphatic hydroxyl groups is 1. The van der Waals surface area contributed by atoms with Gasteiger partial charge in [-0.15, -0.1) is 0 Å². The molecule has 7 atom stereocenters. The van der Waals surface area contributed by atoms with Crippen molar-refractivity contribution < 1.29 is 24.2 Å². The zero-order chi connectivity index (χ0) is 16.3. The highest BCUT2D eigenvalue weighted by molar-refractivity contribution is 5.75. The van der Waals surface area contributed by atoms with Crippen LogP contribution in [0.2, 0.25) is 0 Å². The molecule has 0 bridgehead atoms. The summed E-state index contributed by atoms with van der Waals surface area (Å²) in [6.45, 7) is 7.06. The molecular weight excluding hydrogens is 284 g/mol. The van der Waals surface area contributed by atoms with Gasteiger partial charge in [0.25, 0.3) is 0 Å². The number of hydrogen-bond donors (Lipinski definition) is 1. The second-order valence-corrected chi connectivity index (χ2v) is 7.49. The molecule has 0 amide bonds. The summed E-state index contributed by atoms with van der Waals surface area (Å²) in [5.41, 5.74) is -1.52. The largest absolute Gasteiger partial charge is 0.461 e. The van der Waals surface area contributed by atoms with Gasteiger partial charge in [0.1, 0.15) is 12.2 Å². The maximum atomic E-state index is 12.0. The Bertz CT molecular complexity index is 537. The van der Waals surface area contributed by atoms with E-state index in [1.807, 2.05) is 13.8 Å². The summed E-state index contributed by atoms with van der Waals surface area (Å²) in [7, 11) is 0. The third-order valence-electron chi connectivity index (χ3n) is 5.92. The van der Waals surface area contributed by atoms with Crippen molar-refractivity contribution >= 4 is 11.9 Å². The van der Waals surface area contributed by atoms with Crippen molar-refractivity contribution in [2.75, 3.05) is 0 Å². The zero-order valence-corrected chi connectivity index (χ0v) is 13.5. The Morgan fingerprint density at radius 2 is 2.14 bits per heavy atom. The van der Waals surface area contributed by atoms with E-state index in [9.17, 15) is 14.7 Å². The van der Waals surface area contributed by atoms with Crippen LogP contribution >= 0.6 is 0 Å². The van der Waals surface area contributed by atoms with Crippen molar-refractivity contribution in [3.05, 3.63) is 12.2 Å². The summed E-state index contributed by atoms with van der Waals surface area (Å²) >= 11 is 0. The van der Waals surface area contributed by atoms with Crippen LogP contribution in [0.1, 0.15) is 40.5 Å². The highest BCUT2D eigenvalue weighted by Crippen LogP contribution is 2.57. The number of fused-ring (bicyclic) bond motifs is 3. The van der Waals surface area contributed by atoms with Crippen LogP contribution in [0.3, 0.4) is 0 Å². The monoisotopic (exact) mass is 308 g/mol. The lowest BCUT2D eigenvalue weighted by atomic mass is 9.52. The standard InChI is InChI=1S/C17H24O5/c1-9-11-5-7-16(3)12(21-10(2)18)6-8-17(4,20)14(16)13(11)22-15(9)19/h6,8-9,11-14,20H,5,7H2,1-4H3/t9-,11-,12-,13-,14+,16-,17+/m0/s1. The van der Waals surface area contributed by atoms with Gasteiger partial charge >= 0.3 is 11.9 Å². The van der Waals surface area contributed by atoms with Crippen LogP contribution in [-0.2, 0) is 19.1 Å². The van der Waals surface area contributed by atoms with Gasteiger partial charge in [0.15, 0.2) is 0 Å². The van der Waals surface area contributed by atoms with Gasteiger partial charge in [-0.25, -0.2) is 0 Å². The highest BCUT2D eigenvalue weighted by atomic mass is 16.6. The maximum absolute atomic E-state index is 12.0. The van der Waals surface area contributed by atoms with Gasteiger partial charge < -0.3 is 14.6 Å². The Morgan fingerprint density at radius 3 is 2.77 bits per heavy atom. The fraction of sp³-hybridized carbons (Fsp3) is 0.765. The molecule has 122 valence electrons. The van der Waals surface area contributed by atoms with Crippen molar-refractivity contribution in [3.63, 3.8) is 0 Å². The molecule has 0 aromatic carbocycles. The molecule has 0 unspecified atom stereocenters. The van der Waals surface area contributed by atoms with Gasteiger partial charge in [0.2, 0.25) is 0 Å². The smallest absolute Gasteiger partial charge is 0.309 e. The normalized spacial score (nSPS) is 50.0. The van der Waals surface area contributed by atoms with E-state index in [-0.39, 0.29) is 35.8 Å². The van der Waals surface area contributed by atoms with Crippen molar-refractivity contribution in [2.45, 2.75) is 58.3 Å². The molecule has 0 radical (unpaired) electrons. The zero-order valence-electron chi connectivity index (χ0n) is 13.5. The van der Waals surface area contributed by atoms with Crippen LogP contribution in [0.25, 0.3) is 0 Å². The molecule has 0 aromatic rings. The van der Waals surface area contributed by atoms with Crippen LogP contribution in [0.5, 0.6) is 0 Å². The predicted molar refractivity (Wildman–Crippen MR) is 78.7 cm³/mol. The minimum atomic E-state index is -1.08. The molecule has 1 heterocycles. The number of carbonyl (C=O) groups excluding carboxylic acids is 2. The third kappa shape index (κ3) is 2.09. The summed E-state index contributed by atoms with van der Waals surface area (Å²) in [4.78, 5) is 23.4. The molecule has 1 aliphatic heterocycles. The van der Waals surface area contributed by atoms with E-state index >= 15 is 0 Å². The number of hydrogen-bond acceptors (Lipinski definition) is 5. The van der Waals surface area contributed by atoms with Crippen LogP contribution in [-0.4, -0.2) is 34.9 Å². The first-order valence-corrected chi connectivity index (χ1v) is 7.96. The van der Waals surface area contributed by atoms with Gasteiger partial charge in [-0.05, 0) is 25.8 Å². The topological polar surface area (TPSA) is 72.8 Å². The molecule has 2 fully saturated rings. The molecule has 5 heteroatoms. The third-order valence-corrected chi connectivity index (χ3v) is 5.92. The van der Waals surface area contributed by atoms with Crippen LogP contribution in [0.15, 0.2) is 12.2 Å². The molecule has 3 rings (SSSR count). The number of ether oxygens (including phenoxy) is 2. The fourth-order valence-corrected chi connectivity index (χ4v) is 4.80. The van der Waals surface area contributed by atoms with Gasteiger partial charge in [0.05, 0.1) is 11.5 Å². The van der Waals surface area contributed by atoms with Crippen LogP contribution in [0.4, 0.5) is 0 Å².